The molecule has 0 aliphatic rings. The van der Waals surface area contributed by atoms with Gasteiger partial charge in [0.05, 0.1) is 5.41 Å². The van der Waals surface area contributed by atoms with Gasteiger partial charge in [-0.15, -0.1) is 0 Å². The van der Waals surface area contributed by atoms with Crippen LogP contribution in [0.1, 0.15) is 33.3 Å². The van der Waals surface area contributed by atoms with Crippen LogP contribution in [0.5, 0.6) is 0 Å². The highest BCUT2D eigenvalue weighted by molar-refractivity contribution is 5.84. The van der Waals surface area contributed by atoms with Crippen LogP contribution in [0.15, 0.2) is 30.5 Å². The Morgan fingerprint density at radius 2 is 2.05 bits per heavy atom. The Labute approximate surface area is 125 Å². The van der Waals surface area contributed by atoms with Crippen molar-refractivity contribution in [2.75, 3.05) is 0 Å². The summed E-state index contributed by atoms with van der Waals surface area (Å²) in [5.74, 6) is -0.776. The Kier molecular flexibility index (Phi) is 4.37. The molecule has 0 bridgehead atoms. The van der Waals surface area contributed by atoms with Crippen LogP contribution in [-0.4, -0.2) is 21.7 Å². The number of nitrogens with one attached hydrogen (secondary N) is 1. The minimum Gasteiger partial charge on any atom is -0.481 e. The molecule has 4 nitrogen and oxygen atoms in total. The minimum atomic E-state index is -0.780. The van der Waals surface area contributed by atoms with Gasteiger partial charge in [-0.3, -0.25) is 4.79 Å². The zero-order valence-corrected chi connectivity index (χ0v) is 13.2. The van der Waals surface area contributed by atoms with Crippen LogP contribution in [0.25, 0.3) is 10.9 Å². The SMILES string of the molecule is CC(C)NCc1cccc2c1ccn2CC(C)(C)C(=O)O. The van der Waals surface area contributed by atoms with Crippen molar-refractivity contribution in [2.24, 2.45) is 5.41 Å². The van der Waals surface area contributed by atoms with E-state index in [0.29, 0.717) is 12.6 Å². The van der Waals surface area contributed by atoms with Gasteiger partial charge >= 0.3 is 5.97 Å². The molecule has 0 aliphatic carbocycles. The lowest BCUT2D eigenvalue weighted by atomic mass is 9.94. The lowest BCUT2D eigenvalue weighted by Crippen LogP contribution is -2.28. The maximum atomic E-state index is 11.3. The molecule has 21 heavy (non-hydrogen) atoms. The molecule has 0 spiro atoms. The van der Waals surface area contributed by atoms with Crippen molar-refractivity contribution < 1.29 is 9.90 Å². The second-order valence-corrected chi connectivity index (χ2v) is 6.52. The van der Waals surface area contributed by atoms with Crippen LogP contribution >= 0.6 is 0 Å². The van der Waals surface area contributed by atoms with E-state index in [1.807, 2.05) is 22.9 Å². The van der Waals surface area contributed by atoms with E-state index in [2.05, 4.69) is 31.3 Å². The zero-order chi connectivity index (χ0) is 15.6. The fourth-order valence-electron chi connectivity index (χ4n) is 2.39. The highest BCUT2D eigenvalue weighted by atomic mass is 16.4. The molecule has 4 heteroatoms. The van der Waals surface area contributed by atoms with Gasteiger partial charge in [0.1, 0.15) is 0 Å². The summed E-state index contributed by atoms with van der Waals surface area (Å²) in [5.41, 5.74) is 1.55. The van der Waals surface area contributed by atoms with Crippen molar-refractivity contribution in [3.63, 3.8) is 0 Å². The molecule has 2 rings (SSSR count). The highest BCUT2D eigenvalue weighted by Gasteiger charge is 2.28. The van der Waals surface area contributed by atoms with E-state index < -0.39 is 11.4 Å². The summed E-state index contributed by atoms with van der Waals surface area (Å²) >= 11 is 0. The fraction of sp³-hybridized carbons (Fsp3) is 0.471. The number of aromatic nitrogens is 1. The Bertz CT molecular complexity index is 641. The molecule has 0 saturated carbocycles. The van der Waals surface area contributed by atoms with Crippen molar-refractivity contribution in [1.82, 2.24) is 9.88 Å². The van der Waals surface area contributed by atoms with E-state index in [1.165, 1.54) is 10.9 Å². The van der Waals surface area contributed by atoms with Gasteiger partial charge in [-0.25, -0.2) is 0 Å². The molecule has 1 aromatic carbocycles. The fourth-order valence-corrected chi connectivity index (χ4v) is 2.39. The van der Waals surface area contributed by atoms with Crippen LogP contribution in [-0.2, 0) is 17.9 Å². The highest BCUT2D eigenvalue weighted by Crippen LogP contribution is 2.25. The molecule has 114 valence electrons. The molecule has 2 N–H and O–H groups in total. The number of aliphatic carboxylic acids is 1. The number of carbonyl (C=O) groups is 1. The van der Waals surface area contributed by atoms with Gasteiger partial charge < -0.3 is 15.0 Å². The van der Waals surface area contributed by atoms with Crippen LogP contribution in [0.3, 0.4) is 0 Å². The summed E-state index contributed by atoms with van der Waals surface area (Å²) in [7, 11) is 0. The van der Waals surface area contributed by atoms with Crippen molar-refractivity contribution in [1.29, 1.82) is 0 Å². The molecule has 1 aromatic heterocycles. The molecule has 0 radical (unpaired) electrons. The molecule has 0 fully saturated rings. The molecular formula is C17H24N2O2. The van der Waals surface area contributed by atoms with Gasteiger partial charge in [0, 0.05) is 36.2 Å². The zero-order valence-electron chi connectivity index (χ0n) is 13.2. The van der Waals surface area contributed by atoms with Crippen LogP contribution in [0.2, 0.25) is 0 Å². The molecule has 2 aromatic rings. The average molecular weight is 288 g/mol. The quantitative estimate of drug-likeness (QED) is 0.858. The second kappa shape index (κ2) is 5.90. The lowest BCUT2D eigenvalue weighted by Gasteiger charge is -2.20. The Balaban J connectivity index is 2.32. The summed E-state index contributed by atoms with van der Waals surface area (Å²) in [6.45, 7) is 9.05. The summed E-state index contributed by atoms with van der Waals surface area (Å²) in [4.78, 5) is 11.3. The van der Waals surface area contributed by atoms with E-state index in [9.17, 15) is 9.90 Å². The van der Waals surface area contributed by atoms with E-state index in [1.54, 1.807) is 13.8 Å². The molecule has 0 atom stereocenters. The third-order valence-electron chi connectivity index (χ3n) is 3.75. The standard InChI is InChI=1S/C17H24N2O2/c1-12(2)18-10-13-6-5-7-15-14(13)8-9-19(15)11-17(3,4)16(20)21/h5-9,12,18H,10-11H2,1-4H3,(H,20,21). The first kappa shape index (κ1) is 15.6. The molecular weight excluding hydrogens is 264 g/mol. The van der Waals surface area contributed by atoms with E-state index in [4.69, 9.17) is 0 Å². The van der Waals surface area contributed by atoms with Crippen molar-refractivity contribution >= 4 is 16.9 Å². The van der Waals surface area contributed by atoms with Gasteiger partial charge in [0.2, 0.25) is 0 Å². The van der Waals surface area contributed by atoms with E-state index in [0.717, 1.165) is 12.1 Å². The number of hydrogen-bond acceptors (Lipinski definition) is 2. The van der Waals surface area contributed by atoms with Crippen LogP contribution in [0.4, 0.5) is 0 Å². The van der Waals surface area contributed by atoms with Gasteiger partial charge in [0.25, 0.3) is 0 Å². The molecule has 0 unspecified atom stereocenters. The molecule has 0 saturated heterocycles. The number of hydrogen-bond donors (Lipinski definition) is 2. The van der Waals surface area contributed by atoms with Gasteiger partial charge in [-0.05, 0) is 31.5 Å². The van der Waals surface area contributed by atoms with Crippen molar-refractivity contribution in [3.8, 4) is 0 Å². The first-order valence-electron chi connectivity index (χ1n) is 7.35. The maximum Gasteiger partial charge on any atom is 0.310 e. The number of nitrogens with zero attached hydrogens (tertiary/aromatic N) is 1. The molecule has 0 amide bonds. The number of fused-ring (bicyclic) bond motifs is 1. The first-order valence-corrected chi connectivity index (χ1v) is 7.35. The summed E-state index contributed by atoms with van der Waals surface area (Å²) in [6, 6.07) is 8.71. The molecule has 1 heterocycles. The van der Waals surface area contributed by atoms with Gasteiger partial charge in [-0.1, -0.05) is 26.0 Å². The van der Waals surface area contributed by atoms with E-state index >= 15 is 0 Å². The summed E-state index contributed by atoms with van der Waals surface area (Å²) in [6.07, 6.45) is 1.98. The number of rotatable bonds is 6. The van der Waals surface area contributed by atoms with Gasteiger partial charge in [-0.2, -0.15) is 0 Å². The third kappa shape index (κ3) is 3.45. The average Bonchev–Trinajstić information content (AvgIpc) is 2.79. The monoisotopic (exact) mass is 288 g/mol. The number of carboxylic acids is 1. The van der Waals surface area contributed by atoms with Crippen LogP contribution in [0, 0.1) is 5.41 Å². The topological polar surface area (TPSA) is 54.3 Å². The predicted molar refractivity (Wildman–Crippen MR) is 85.3 cm³/mol. The minimum absolute atomic E-state index is 0.438. The largest absolute Gasteiger partial charge is 0.481 e. The van der Waals surface area contributed by atoms with Crippen LogP contribution < -0.4 is 5.32 Å². The summed E-state index contributed by atoms with van der Waals surface area (Å²) in [5, 5.41) is 13.9. The second-order valence-electron chi connectivity index (χ2n) is 6.52. The third-order valence-corrected chi connectivity index (χ3v) is 3.75. The molecule has 0 aliphatic heterocycles. The van der Waals surface area contributed by atoms with Crippen molar-refractivity contribution in [2.45, 2.75) is 46.8 Å². The Hall–Kier alpha value is -1.81. The maximum absolute atomic E-state index is 11.3. The first-order chi connectivity index (χ1) is 9.81. The number of benzene rings is 1. The summed E-state index contributed by atoms with van der Waals surface area (Å²) < 4.78 is 2.03. The van der Waals surface area contributed by atoms with Crippen molar-refractivity contribution in [3.05, 3.63) is 36.0 Å². The smallest absolute Gasteiger partial charge is 0.310 e. The Morgan fingerprint density at radius 3 is 2.67 bits per heavy atom. The van der Waals surface area contributed by atoms with E-state index in [-0.39, 0.29) is 0 Å². The lowest BCUT2D eigenvalue weighted by molar-refractivity contribution is -0.147. The number of carboxylic acid groups (broad SMARTS) is 1. The normalized spacial score (nSPS) is 12.2. The Morgan fingerprint density at radius 1 is 1.33 bits per heavy atom. The predicted octanol–water partition coefficient (Wildman–Crippen LogP) is 3.25. The van der Waals surface area contributed by atoms with Gasteiger partial charge in [0.15, 0.2) is 0 Å².